The fraction of sp³-hybridized carbons (Fsp3) is 0.319. The Bertz CT molecular complexity index is 2320. The van der Waals surface area contributed by atoms with Crippen LogP contribution in [0.4, 0.5) is 37.7 Å². The molecule has 0 saturated heterocycles. The average molecular weight is 845 g/mol. The molecule has 3 aliphatic rings. The molecule has 4 aromatic carbocycles. The molecule has 0 saturated carbocycles. The number of pyridine rings is 2. The minimum absolute atomic E-state index is 0.865. The van der Waals surface area contributed by atoms with E-state index in [1.807, 2.05) is 0 Å². The van der Waals surface area contributed by atoms with Crippen LogP contribution in [-0.4, -0.2) is 37.4 Å². The first-order valence-corrected chi connectivity index (χ1v) is 20.3. The highest BCUT2D eigenvalue weighted by atomic mass is 19.4. The van der Waals surface area contributed by atoms with Gasteiger partial charge in [-0.15, -0.1) is 0 Å². The van der Waals surface area contributed by atoms with Gasteiger partial charge in [-0.05, 0) is 65.8 Å². The quantitative estimate of drug-likeness (QED) is 0.119. The van der Waals surface area contributed by atoms with Gasteiger partial charge in [-0.25, -0.2) is 0 Å². The molecule has 8 nitrogen and oxygen atoms in total. The number of hydrogen-bond donors (Lipinski definition) is 2. The van der Waals surface area contributed by atoms with Crippen LogP contribution in [0.5, 0.6) is 0 Å². The van der Waals surface area contributed by atoms with Crippen LogP contribution in [0.2, 0.25) is 0 Å². The molecule has 2 aliphatic heterocycles. The number of nitrogens with one attached hydrogen (secondary N) is 2. The molecular weight excluding hydrogens is 799 g/mol. The van der Waals surface area contributed by atoms with Gasteiger partial charge in [0.2, 0.25) is 11.0 Å². The van der Waals surface area contributed by atoms with Crippen molar-refractivity contribution in [2.75, 3.05) is 23.7 Å². The van der Waals surface area contributed by atoms with Crippen molar-refractivity contribution in [3.63, 3.8) is 0 Å². The van der Waals surface area contributed by atoms with Gasteiger partial charge < -0.3 is 30.4 Å². The first-order valence-electron chi connectivity index (χ1n) is 20.3. The molecule has 8 bridgehead atoms. The van der Waals surface area contributed by atoms with Crippen LogP contribution in [0.1, 0.15) is 73.6 Å². The standard InChI is InChI=1S/C43H44N4.2C2HF3O2/c1-2-4-6-12-24-45-41-22-26-47(43-16-10-8-14-39(41)43)31-33-18-20-37-35(28-33)29-34-27-32(17-19-36(34)37)30-46-25-21-40(44-23-11-5-3-1)38-13-7-9-15-42(38)46;2*3-2(4,5)1(6)7/h7-10,13-22,25-28H,1-6,11-12,23-24,29-31H2;2*(H,6,7). The number of fused-ring (bicyclic) bond motifs is 14. The molecule has 14 heteroatoms. The first-order chi connectivity index (χ1) is 29.2. The minimum Gasteiger partial charge on any atom is -0.542 e. The monoisotopic (exact) mass is 844 g/mol. The summed E-state index contributed by atoms with van der Waals surface area (Å²) in [5.41, 5.74) is 13.4. The molecule has 4 heterocycles. The number of nitrogens with zero attached hydrogens (tertiary/aromatic N) is 2. The number of carboxylic acids is 2. The van der Waals surface area contributed by atoms with E-state index in [-0.39, 0.29) is 0 Å². The number of carbonyl (C=O) groups is 2. The van der Waals surface area contributed by atoms with E-state index in [4.69, 9.17) is 19.8 Å². The summed E-state index contributed by atoms with van der Waals surface area (Å²) in [5.74, 6) is -6.01. The van der Waals surface area contributed by atoms with E-state index < -0.39 is 24.3 Å². The SMILES string of the molecule is O=C([O-])C(F)(F)F.O=C([O-])C(F)(F)F.c1ccc2c(c1)c1cc[n+]2Cc2ccc3c(c2)Cc2cc(ccc2-3)C[n+]2ccc(c3ccccc32)NCCCCCCCCCCN1. The lowest BCUT2D eigenvalue weighted by molar-refractivity contribution is -0.662. The number of carboxylic acid groups (broad SMARTS) is 2. The van der Waals surface area contributed by atoms with E-state index >= 15 is 0 Å². The van der Waals surface area contributed by atoms with E-state index in [2.05, 4.69) is 129 Å². The number of hydrogen-bond acceptors (Lipinski definition) is 6. The molecular formula is C47H46F6N4O4. The minimum atomic E-state index is -5.19. The third-order valence-corrected chi connectivity index (χ3v) is 10.8. The summed E-state index contributed by atoms with van der Waals surface area (Å²) < 4.78 is 67.9. The lowest BCUT2D eigenvalue weighted by Gasteiger charge is -2.11. The summed E-state index contributed by atoms with van der Waals surface area (Å²) in [5, 5.41) is 27.7. The Morgan fingerprint density at radius 1 is 0.508 bits per heavy atom. The lowest BCUT2D eigenvalue weighted by Crippen LogP contribution is -2.37. The number of aromatic nitrogens is 2. The van der Waals surface area contributed by atoms with Crippen LogP contribution in [-0.2, 0) is 29.1 Å². The zero-order valence-corrected chi connectivity index (χ0v) is 33.4. The summed E-state index contributed by atoms with van der Waals surface area (Å²) >= 11 is 0. The normalized spacial score (nSPS) is 14.7. The van der Waals surface area contributed by atoms with Gasteiger partial charge in [-0.1, -0.05) is 87.1 Å². The summed E-state index contributed by atoms with van der Waals surface area (Å²) in [6.45, 7) is 3.79. The van der Waals surface area contributed by atoms with Crippen LogP contribution in [0.15, 0.2) is 109 Å². The Morgan fingerprint density at radius 2 is 0.869 bits per heavy atom. The Labute approximate surface area is 349 Å². The molecule has 9 rings (SSSR count). The largest absolute Gasteiger partial charge is 0.542 e. The fourth-order valence-electron chi connectivity index (χ4n) is 7.82. The Hall–Kier alpha value is -6.18. The molecule has 61 heavy (non-hydrogen) atoms. The zero-order chi connectivity index (χ0) is 43.6. The highest BCUT2D eigenvalue weighted by Gasteiger charge is 2.29. The lowest BCUT2D eigenvalue weighted by atomic mass is 10.0. The van der Waals surface area contributed by atoms with Gasteiger partial charge in [-0.2, -0.15) is 35.5 Å². The topological polar surface area (TPSA) is 112 Å². The Kier molecular flexibility index (Phi) is 14.5. The van der Waals surface area contributed by atoms with Crippen molar-refractivity contribution in [2.24, 2.45) is 0 Å². The van der Waals surface area contributed by atoms with Crippen molar-refractivity contribution in [1.29, 1.82) is 0 Å². The zero-order valence-electron chi connectivity index (χ0n) is 33.4. The van der Waals surface area contributed by atoms with E-state index in [9.17, 15) is 26.3 Å². The van der Waals surface area contributed by atoms with E-state index in [0.717, 1.165) is 32.6 Å². The Morgan fingerprint density at radius 3 is 1.25 bits per heavy atom. The predicted octanol–water partition coefficient (Wildman–Crippen LogP) is 7.79. The first kappa shape index (κ1) is 44.4. The summed E-state index contributed by atoms with van der Waals surface area (Å²) in [4.78, 5) is 17.6. The number of carbonyl (C=O) groups excluding carboxylic acids is 2. The van der Waals surface area contributed by atoms with E-state index in [0.29, 0.717) is 0 Å². The second-order valence-electron chi connectivity index (χ2n) is 15.2. The van der Waals surface area contributed by atoms with Crippen LogP contribution in [0.3, 0.4) is 0 Å². The van der Waals surface area contributed by atoms with Crippen LogP contribution < -0.4 is 30.0 Å². The highest BCUT2D eigenvalue weighted by molar-refractivity contribution is 5.89. The number of halogens is 6. The van der Waals surface area contributed by atoms with E-state index in [1.54, 1.807) is 0 Å². The van der Waals surface area contributed by atoms with Gasteiger partial charge >= 0.3 is 12.4 Å². The Balaban J connectivity index is 0.000000385. The summed E-state index contributed by atoms with van der Waals surface area (Å²) in [7, 11) is 0. The summed E-state index contributed by atoms with van der Waals surface area (Å²) in [6, 6.07) is 36.5. The fourth-order valence-corrected chi connectivity index (χ4v) is 7.82. The molecule has 320 valence electrons. The second-order valence-corrected chi connectivity index (χ2v) is 15.2. The maximum Gasteiger partial charge on any atom is 0.430 e. The molecule has 0 spiro atoms. The van der Waals surface area contributed by atoms with Crippen molar-refractivity contribution in [3.05, 3.63) is 132 Å². The molecule has 6 aromatic rings. The van der Waals surface area contributed by atoms with Crippen molar-refractivity contribution >= 4 is 45.1 Å². The van der Waals surface area contributed by atoms with Gasteiger partial charge in [0.05, 0.1) is 22.1 Å². The highest BCUT2D eigenvalue weighted by Crippen LogP contribution is 2.38. The maximum absolute atomic E-state index is 10.5. The molecule has 0 atom stereocenters. The second kappa shape index (κ2) is 19.9. The third kappa shape index (κ3) is 11.8. The smallest absolute Gasteiger partial charge is 0.430 e. The maximum atomic E-state index is 10.5. The molecule has 0 unspecified atom stereocenters. The van der Waals surface area contributed by atoms with Crippen LogP contribution in [0, 0.1) is 0 Å². The number of alkyl halides is 6. The molecule has 1 aliphatic carbocycles. The number of aliphatic carboxylic acids is 2. The molecule has 2 aromatic heterocycles. The molecule has 0 radical (unpaired) electrons. The van der Waals surface area contributed by atoms with Crippen LogP contribution >= 0.6 is 0 Å². The molecule has 2 N–H and O–H groups in total. The predicted molar refractivity (Wildman–Crippen MR) is 217 cm³/mol. The van der Waals surface area contributed by atoms with Gasteiger partial charge in [-0.3, -0.25) is 0 Å². The van der Waals surface area contributed by atoms with E-state index in [1.165, 1.54) is 118 Å². The average Bonchev–Trinajstić information content (AvgIpc) is 3.59. The third-order valence-electron chi connectivity index (χ3n) is 10.8. The van der Waals surface area contributed by atoms with Gasteiger partial charge in [0.1, 0.15) is 11.9 Å². The molecule has 0 amide bonds. The number of rotatable bonds is 0. The van der Waals surface area contributed by atoms with Gasteiger partial charge in [0.25, 0.3) is 0 Å². The number of benzene rings is 4. The number of para-hydroxylation sites is 2. The van der Waals surface area contributed by atoms with Crippen molar-refractivity contribution < 1.29 is 55.3 Å². The van der Waals surface area contributed by atoms with Crippen molar-refractivity contribution in [3.8, 4) is 11.1 Å². The van der Waals surface area contributed by atoms with Crippen LogP contribution in [0.25, 0.3) is 32.9 Å². The van der Waals surface area contributed by atoms with Gasteiger partial charge in [0.15, 0.2) is 25.5 Å². The summed E-state index contributed by atoms with van der Waals surface area (Å²) in [6.07, 6.45) is 5.51. The van der Waals surface area contributed by atoms with Gasteiger partial charge in [0, 0.05) is 48.5 Å². The number of anilines is 2. The molecule has 0 fully saturated rings. The van der Waals surface area contributed by atoms with Crippen molar-refractivity contribution in [2.45, 2.75) is 83.2 Å². The van der Waals surface area contributed by atoms with Crippen molar-refractivity contribution in [1.82, 2.24) is 0 Å².